The van der Waals surface area contributed by atoms with Crippen molar-refractivity contribution in [2.24, 2.45) is 7.05 Å². The molecule has 0 fully saturated rings. The molecule has 0 spiro atoms. The van der Waals surface area contributed by atoms with Crippen molar-refractivity contribution >= 4 is 28.5 Å². The molecule has 2 aromatic carbocycles. The first-order chi connectivity index (χ1) is 12.3. The number of nitrogens with zero attached hydrogens (tertiary/aromatic N) is 1. The molecule has 0 aliphatic carbocycles. The maximum Gasteiger partial charge on any atom is 0.228 e. The van der Waals surface area contributed by atoms with Crippen LogP contribution in [0.5, 0.6) is 0 Å². The third kappa shape index (κ3) is 3.18. The summed E-state index contributed by atoms with van der Waals surface area (Å²) < 4.78 is 15.2. The first-order valence-corrected chi connectivity index (χ1v) is 8.13. The Balaban J connectivity index is 1.98. The van der Waals surface area contributed by atoms with Crippen LogP contribution in [0, 0.1) is 19.7 Å². The van der Waals surface area contributed by atoms with Gasteiger partial charge in [-0.05, 0) is 49.2 Å². The van der Waals surface area contributed by atoms with Crippen LogP contribution in [0.3, 0.4) is 0 Å². The van der Waals surface area contributed by atoms with Crippen LogP contribution < -0.4 is 10.4 Å². The van der Waals surface area contributed by atoms with Gasteiger partial charge in [-0.2, -0.15) is 0 Å². The van der Waals surface area contributed by atoms with Gasteiger partial charge in [0.25, 0.3) is 0 Å². The molecule has 1 heterocycles. The van der Waals surface area contributed by atoms with Crippen molar-refractivity contribution in [3.63, 3.8) is 0 Å². The summed E-state index contributed by atoms with van der Waals surface area (Å²) in [4.78, 5) is 24.0. The van der Waals surface area contributed by atoms with Gasteiger partial charge in [0.2, 0.25) is 5.91 Å². The molecule has 5 nitrogen and oxygen atoms in total. The van der Waals surface area contributed by atoms with Gasteiger partial charge in [0.05, 0.1) is 18.1 Å². The fraction of sp³-hybridized carbons (Fsp3) is 0.200. The summed E-state index contributed by atoms with van der Waals surface area (Å²) in [5.74, 6) is -2.19. The van der Waals surface area contributed by atoms with Crippen LogP contribution in [0.1, 0.15) is 27.2 Å². The average Bonchev–Trinajstić information content (AvgIpc) is 2.82. The lowest BCUT2D eigenvalue weighted by atomic mass is 10.0. The summed E-state index contributed by atoms with van der Waals surface area (Å²) in [6.07, 6.45) is -0.153. The SMILES string of the molecule is Cc1ccc2c(c1)c(CC(=O)Nc1ccc(C)c(F)c1)c(C(=O)[O-])n2C. The molecule has 1 amide bonds. The monoisotopic (exact) mass is 353 g/mol. The van der Waals surface area contributed by atoms with E-state index in [0.717, 1.165) is 5.56 Å². The Bertz CT molecular complexity index is 1040. The molecule has 1 aromatic heterocycles. The smallest absolute Gasteiger partial charge is 0.228 e. The Hall–Kier alpha value is -3.15. The number of amides is 1. The minimum absolute atomic E-state index is 0.0316. The summed E-state index contributed by atoms with van der Waals surface area (Å²) in [5, 5.41) is 14.9. The van der Waals surface area contributed by atoms with Crippen molar-refractivity contribution in [3.05, 3.63) is 64.6 Å². The predicted octanol–water partition coefficient (Wildman–Crippen LogP) is 2.48. The molecule has 3 rings (SSSR count). The number of rotatable bonds is 4. The first kappa shape index (κ1) is 17.7. The summed E-state index contributed by atoms with van der Waals surface area (Å²) in [5.41, 5.74) is 2.82. The number of halogens is 1. The van der Waals surface area contributed by atoms with Gasteiger partial charge in [-0.3, -0.25) is 4.79 Å². The van der Waals surface area contributed by atoms with Crippen molar-refractivity contribution in [1.82, 2.24) is 4.57 Å². The van der Waals surface area contributed by atoms with Crippen molar-refractivity contribution in [3.8, 4) is 0 Å². The molecule has 6 heteroatoms. The molecule has 1 N–H and O–H groups in total. The highest BCUT2D eigenvalue weighted by atomic mass is 19.1. The molecule has 26 heavy (non-hydrogen) atoms. The summed E-state index contributed by atoms with van der Waals surface area (Å²) >= 11 is 0. The van der Waals surface area contributed by atoms with Gasteiger partial charge in [-0.15, -0.1) is 0 Å². The molecule has 0 saturated heterocycles. The number of anilines is 1. The van der Waals surface area contributed by atoms with Gasteiger partial charge in [0.15, 0.2) is 0 Å². The fourth-order valence-corrected chi connectivity index (χ4v) is 3.11. The topological polar surface area (TPSA) is 74.2 Å². The molecule has 0 bridgehead atoms. The normalized spacial score (nSPS) is 10.9. The Morgan fingerprint density at radius 2 is 1.88 bits per heavy atom. The maximum atomic E-state index is 13.6. The number of carbonyl (C=O) groups is 2. The number of benzene rings is 2. The minimum Gasteiger partial charge on any atom is -0.543 e. The second-order valence-corrected chi connectivity index (χ2v) is 6.38. The molecule has 0 unspecified atom stereocenters. The molecule has 3 aromatic rings. The zero-order chi connectivity index (χ0) is 19.0. The van der Waals surface area contributed by atoms with Crippen LogP contribution in [0.2, 0.25) is 0 Å². The van der Waals surface area contributed by atoms with Crippen LogP contribution in [-0.2, 0) is 18.3 Å². The highest BCUT2D eigenvalue weighted by Crippen LogP contribution is 2.27. The molecule has 0 radical (unpaired) electrons. The third-order valence-corrected chi connectivity index (χ3v) is 4.45. The fourth-order valence-electron chi connectivity index (χ4n) is 3.11. The standard InChI is InChI=1S/C20H19FN2O3/c1-11-4-7-17-14(8-11)15(19(20(25)26)23(17)3)10-18(24)22-13-6-5-12(2)16(21)9-13/h4-9H,10H2,1-3H3,(H,22,24)(H,25,26)/p-1. The second-order valence-electron chi connectivity index (χ2n) is 6.38. The number of aromatic nitrogens is 1. The second kappa shape index (κ2) is 6.63. The van der Waals surface area contributed by atoms with E-state index < -0.39 is 17.7 Å². The van der Waals surface area contributed by atoms with E-state index in [1.165, 1.54) is 10.6 Å². The summed E-state index contributed by atoms with van der Waals surface area (Å²) in [7, 11) is 1.62. The molecule has 0 saturated carbocycles. The number of hydrogen-bond acceptors (Lipinski definition) is 3. The van der Waals surface area contributed by atoms with Gasteiger partial charge in [0, 0.05) is 23.6 Å². The van der Waals surface area contributed by atoms with E-state index >= 15 is 0 Å². The number of fused-ring (bicyclic) bond motifs is 1. The first-order valence-electron chi connectivity index (χ1n) is 8.13. The van der Waals surface area contributed by atoms with E-state index in [1.54, 1.807) is 26.1 Å². The maximum absolute atomic E-state index is 13.6. The van der Waals surface area contributed by atoms with Crippen LogP contribution >= 0.6 is 0 Å². The third-order valence-electron chi connectivity index (χ3n) is 4.45. The Morgan fingerprint density at radius 3 is 2.54 bits per heavy atom. The van der Waals surface area contributed by atoms with E-state index in [0.29, 0.717) is 27.7 Å². The average molecular weight is 353 g/mol. The number of hydrogen-bond donors (Lipinski definition) is 1. The van der Waals surface area contributed by atoms with Gasteiger partial charge < -0.3 is 19.8 Å². The van der Waals surface area contributed by atoms with E-state index in [1.807, 2.05) is 25.1 Å². The molecular formula is C20H18FN2O3-. The van der Waals surface area contributed by atoms with Gasteiger partial charge >= 0.3 is 0 Å². The Kier molecular flexibility index (Phi) is 4.50. The van der Waals surface area contributed by atoms with Crippen molar-refractivity contribution in [2.75, 3.05) is 5.32 Å². The molecule has 0 aliphatic heterocycles. The number of carboxylic acids is 1. The lowest BCUT2D eigenvalue weighted by Gasteiger charge is -2.10. The van der Waals surface area contributed by atoms with Crippen molar-refractivity contribution in [2.45, 2.75) is 20.3 Å². The Morgan fingerprint density at radius 1 is 1.15 bits per heavy atom. The molecule has 0 aliphatic rings. The van der Waals surface area contributed by atoms with Crippen LogP contribution in [0.25, 0.3) is 10.9 Å². The van der Waals surface area contributed by atoms with E-state index in [9.17, 15) is 19.1 Å². The van der Waals surface area contributed by atoms with Crippen LogP contribution in [0.15, 0.2) is 36.4 Å². The molecule has 134 valence electrons. The van der Waals surface area contributed by atoms with E-state index in [2.05, 4.69) is 5.32 Å². The van der Waals surface area contributed by atoms with Crippen molar-refractivity contribution < 1.29 is 19.1 Å². The van der Waals surface area contributed by atoms with Gasteiger partial charge in [0.1, 0.15) is 5.82 Å². The minimum atomic E-state index is -1.34. The summed E-state index contributed by atoms with van der Waals surface area (Å²) in [6, 6.07) is 9.94. The van der Waals surface area contributed by atoms with E-state index in [4.69, 9.17) is 0 Å². The number of aryl methyl sites for hydroxylation is 3. The van der Waals surface area contributed by atoms with E-state index in [-0.39, 0.29) is 12.1 Å². The lowest BCUT2D eigenvalue weighted by molar-refractivity contribution is -0.255. The lowest BCUT2D eigenvalue weighted by Crippen LogP contribution is -2.27. The van der Waals surface area contributed by atoms with Crippen molar-refractivity contribution in [1.29, 1.82) is 0 Å². The molecular weight excluding hydrogens is 335 g/mol. The number of aromatic carboxylic acids is 1. The van der Waals surface area contributed by atoms with Gasteiger partial charge in [-0.25, -0.2) is 4.39 Å². The quantitative estimate of drug-likeness (QED) is 0.783. The predicted molar refractivity (Wildman–Crippen MR) is 95.5 cm³/mol. The number of nitrogens with one attached hydrogen (secondary N) is 1. The van der Waals surface area contributed by atoms with Gasteiger partial charge in [-0.1, -0.05) is 17.7 Å². The zero-order valence-electron chi connectivity index (χ0n) is 14.7. The summed E-state index contributed by atoms with van der Waals surface area (Å²) in [6.45, 7) is 3.52. The highest BCUT2D eigenvalue weighted by Gasteiger charge is 2.19. The molecule has 0 atom stereocenters. The highest BCUT2D eigenvalue weighted by molar-refractivity contribution is 6.02. The van der Waals surface area contributed by atoms with Crippen LogP contribution in [0.4, 0.5) is 10.1 Å². The largest absolute Gasteiger partial charge is 0.543 e. The number of carbonyl (C=O) groups excluding carboxylic acids is 2. The Labute approximate surface area is 150 Å². The zero-order valence-corrected chi connectivity index (χ0v) is 14.7. The number of carboxylic acid groups (broad SMARTS) is 1. The van der Waals surface area contributed by atoms with Crippen LogP contribution in [-0.4, -0.2) is 16.4 Å².